The average molecular weight is 423 g/mol. The molecule has 0 saturated heterocycles. The van der Waals surface area contributed by atoms with Crippen molar-refractivity contribution in [3.05, 3.63) is 57.3 Å². The number of rotatable bonds is 5. The Bertz CT molecular complexity index is 1040. The Morgan fingerprint density at radius 2 is 2.07 bits per heavy atom. The Morgan fingerprint density at radius 3 is 2.81 bits per heavy atom. The molecule has 0 radical (unpaired) electrons. The number of anilines is 1. The Labute approximate surface area is 169 Å². The summed E-state index contributed by atoms with van der Waals surface area (Å²) >= 11 is 13.6. The van der Waals surface area contributed by atoms with Gasteiger partial charge in [0.1, 0.15) is 0 Å². The highest BCUT2D eigenvalue weighted by Crippen LogP contribution is 2.23. The summed E-state index contributed by atoms with van der Waals surface area (Å²) in [7, 11) is 0. The molecule has 0 aliphatic carbocycles. The third-order valence-corrected chi connectivity index (χ3v) is 4.82. The molecule has 2 N–H and O–H groups in total. The number of nitrogens with zero attached hydrogens (tertiary/aromatic N) is 2. The van der Waals surface area contributed by atoms with Crippen molar-refractivity contribution in [1.82, 2.24) is 14.7 Å². The fourth-order valence-corrected chi connectivity index (χ4v) is 3.59. The predicted octanol–water partition coefficient (Wildman–Crippen LogP) is 4.49. The molecule has 0 bridgehead atoms. The van der Waals surface area contributed by atoms with Crippen molar-refractivity contribution in [3.63, 3.8) is 0 Å². The molecule has 0 saturated carbocycles. The topological polar surface area (TPSA) is 75.5 Å². The number of benzene rings is 1. The number of amides is 2. The number of hydrogen-bond acceptors (Lipinski definition) is 4. The average Bonchev–Trinajstić information content (AvgIpc) is 3.13. The van der Waals surface area contributed by atoms with Crippen LogP contribution in [0.5, 0.6) is 0 Å². The summed E-state index contributed by atoms with van der Waals surface area (Å²) in [5.74, 6) is -0.711. The molecule has 0 fully saturated rings. The molecule has 0 atom stereocenters. The molecule has 27 heavy (non-hydrogen) atoms. The first-order valence-electron chi connectivity index (χ1n) is 8.05. The van der Waals surface area contributed by atoms with E-state index >= 15 is 0 Å². The molecular weight excluding hydrogens is 407 g/mol. The number of nitrogens with one attached hydrogen (secondary N) is 2. The van der Waals surface area contributed by atoms with Gasteiger partial charge in [0.05, 0.1) is 16.9 Å². The molecule has 6 nitrogen and oxygen atoms in total. The molecule has 0 spiro atoms. The van der Waals surface area contributed by atoms with Crippen LogP contribution in [0, 0.1) is 0 Å². The van der Waals surface area contributed by atoms with Gasteiger partial charge in [-0.05, 0) is 38.1 Å². The fourth-order valence-electron chi connectivity index (χ4n) is 2.41. The van der Waals surface area contributed by atoms with Gasteiger partial charge in [0.15, 0.2) is 10.1 Å². The second-order valence-corrected chi connectivity index (χ2v) is 7.65. The van der Waals surface area contributed by atoms with E-state index in [2.05, 4.69) is 15.6 Å². The highest BCUT2D eigenvalue weighted by Gasteiger charge is 2.15. The minimum absolute atomic E-state index is 0.0337. The van der Waals surface area contributed by atoms with E-state index in [4.69, 9.17) is 23.2 Å². The fraction of sp³-hybridized carbons (Fsp3) is 0.167. The standard InChI is InChI=1S/C18H16Cl2N4O2S/c1-10(2)21-17(26)12-4-3-11(19)9-13(12)22-15(25)6-5-14-16(20)23-18-24(14)7-8-27-18/h3-10H,1-2H3,(H,21,26)(H,22,25)/b6-5+. The van der Waals surface area contributed by atoms with E-state index in [1.807, 2.05) is 25.4 Å². The molecule has 2 heterocycles. The molecule has 1 aromatic carbocycles. The van der Waals surface area contributed by atoms with Crippen LogP contribution in [0.2, 0.25) is 10.2 Å². The largest absolute Gasteiger partial charge is 0.350 e. The number of hydrogen-bond donors (Lipinski definition) is 2. The molecular formula is C18H16Cl2N4O2S. The van der Waals surface area contributed by atoms with Gasteiger partial charge in [-0.25, -0.2) is 4.98 Å². The minimum Gasteiger partial charge on any atom is -0.350 e. The molecule has 2 aromatic heterocycles. The van der Waals surface area contributed by atoms with Gasteiger partial charge in [-0.1, -0.05) is 23.2 Å². The van der Waals surface area contributed by atoms with E-state index in [0.29, 0.717) is 27.1 Å². The quantitative estimate of drug-likeness (QED) is 0.594. The zero-order valence-corrected chi connectivity index (χ0v) is 16.8. The Hall–Kier alpha value is -2.35. The number of thiazole rings is 1. The summed E-state index contributed by atoms with van der Waals surface area (Å²) in [6.07, 6.45) is 4.72. The van der Waals surface area contributed by atoms with E-state index in [1.54, 1.807) is 22.6 Å². The first kappa shape index (κ1) is 19.4. The molecule has 0 aliphatic rings. The lowest BCUT2D eigenvalue weighted by Crippen LogP contribution is -2.31. The van der Waals surface area contributed by atoms with Gasteiger partial charge in [0.25, 0.3) is 5.91 Å². The summed E-state index contributed by atoms with van der Waals surface area (Å²) in [6, 6.07) is 4.67. The van der Waals surface area contributed by atoms with Crippen molar-refractivity contribution in [2.24, 2.45) is 0 Å². The van der Waals surface area contributed by atoms with Crippen LogP contribution in [-0.4, -0.2) is 27.2 Å². The molecule has 9 heteroatoms. The van der Waals surface area contributed by atoms with Crippen molar-refractivity contribution in [1.29, 1.82) is 0 Å². The molecule has 0 unspecified atom stereocenters. The van der Waals surface area contributed by atoms with Crippen molar-refractivity contribution >= 4 is 63.1 Å². The molecule has 3 rings (SSSR count). The van der Waals surface area contributed by atoms with Crippen LogP contribution >= 0.6 is 34.5 Å². The zero-order valence-electron chi connectivity index (χ0n) is 14.5. The number of halogens is 2. The van der Waals surface area contributed by atoms with Crippen molar-refractivity contribution < 1.29 is 9.59 Å². The maximum atomic E-state index is 12.4. The van der Waals surface area contributed by atoms with Gasteiger partial charge in [-0.2, -0.15) is 0 Å². The maximum absolute atomic E-state index is 12.4. The van der Waals surface area contributed by atoms with Gasteiger partial charge in [-0.15, -0.1) is 11.3 Å². The lowest BCUT2D eigenvalue weighted by atomic mass is 10.1. The third kappa shape index (κ3) is 4.50. The Balaban J connectivity index is 1.81. The number of fused-ring (bicyclic) bond motifs is 1. The lowest BCUT2D eigenvalue weighted by molar-refractivity contribution is -0.111. The SMILES string of the molecule is CC(C)NC(=O)c1ccc(Cl)cc1NC(=O)/C=C/c1c(Cl)nc2sccn12. The first-order chi connectivity index (χ1) is 12.8. The van der Waals surface area contributed by atoms with Gasteiger partial charge < -0.3 is 10.6 Å². The van der Waals surface area contributed by atoms with Crippen LogP contribution in [0.1, 0.15) is 29.9 Å². The lowest BCUT2D eigenvalue weighted by Gasteiger charge is -2.13. The van der Waals surface area contributed by atoms with Crippen molar-refractivity contribution in [2.45, 2.75) is 19.9 Å². The van der Waals surface area contributed by atoms with E-state index in [1.165, 1.54) is 23.5 Å². The van der Waals surface area contributed by atoms with Crippen LogP contribution in [0.4, 0.5) is 5.69 Å². The normalized spacial score (nSPS) is 11.4. The van der Waals surface area contributed by atoms with Crippen molar-refractivity contribution in [2.75, 3.05) is 5.32 Å². The number of imidazole rings is 1. The second kappa shape index (κ2) is 8.12. The summed E-state index contributed by atoms with van der Waals surface area (Å²) in [5, 5.41) is 8.08. The highest BCUT2D eigenvalue weighted by atomic mass is 35.5. The van der Waals surface area contributed by atoms with Gasteiger partial charge in [-0.3, -0.25) is 14.0 Å². The molecule has 2 amide bonds. The minimum atomic E-state index is -0.419. The van der Waals surface area contributed by atoms with Crippen LogP contribution in [0.15, 0.2) is 35.9 Å². The Morgan fingerprint density at radius 1 is 1.30 bits per heavy atom. The Kier molecular flexibility index (Phi) is 5.84. The molecule has 0 aliphatic heterocycles. The van der Waals surface area contributed by atoms with Crippen molar-refractivity contribution in [3.8, 4) is 0 Å². The number of aromatic nitrogens is 2. The smallest absolute Gasteiger partial charge is 0.253 e. The molecule has 140 valence electrons. The summed E-state index contributed by atoms with van der Waals surface area (Å²) in [4.78, 5) is 29.6. The van der Waals surface area contributed by atoms with Crippen LogP contribution in [-0.2, 0) is 4.79 Å². The zero-order chi connectivity index (χ0) is 19.6. The summed E-state index contributed by atoms with van der Waals surface area (Å²) < 4.78 is 1.79. The number of carbonyl (C=O) groups is 2. The monoisotopic (exact) mass is 422 g/mol. The highest BCUT2D eigenvalue weighted by molar-refractivity contribution is 7.15. The van der Waals surface area contributed by atoms with Gasteiger partial charge in [0.2, 0.25) is 5.91 Å². The molecule has 3 aromatic rings. The number of carbonyl (C=O) groups excluding carboxylic acids is 2. The van der Waals surface area contributed by atoms with E-state index in [9.17, 15) is 9.59 Å². The van der Waals surface area contributed by atoms with Gasteiger partial charge >= 0.3 is 0 Å². The summed E-state index contributed by atoms with van der Waals surface area (Å²) in [5.41, 5.74) is 1.26. The van der Waals surface area contributed by atoms with Crippen LogP contribution in [0.3, 0.4) is 0 Å². The van der Waals surface area contributed by atoms with Gasteiger partial charge in [0, 0.05) is 28.7 Å². The van der Waals surface area contributed by atoms with E-state index in [0.717, 1.165) is 4.96 Å². The predicted molar refractivity (Wildman–Crippen MR) is 110 cm³/mol. The van der Waals surface area contributed by atoms with Crippen LogP contribution < -0.4 is 10.6 Å². The first-order valence-corrected chi connectivity index (χ1v) is 9.69. The maximum Gasteiger partial charge on any atom is 0.253 e. The van der Waals surface area contributed by atoms with E-state index in [-0.39, 0.29) is 11.9 Å². The second-order valence-electron chi connectivity index (χ2n) is 5.98. The van der Waals surface area contributed by atoms with E-state index < -0.39 is 5.91 Å². The summed E-state index contributed by atoms with van der Waals surface area (Å²) in [6.45, 7) is 3.71. The van der Waals surface area contributed by atoms with Crippen LogP contribution in [0.25, 0.3) is 11.0 Å². The third-order valence-electron chi connectivity index (χ3n) is 3.55.